The van der Waals surface area contributed by atoms with Gasteiger partial charge < -0.3 is 0 Å². The zero-order valence-corrected chi connectivity index (χ0v) is 11.4. The molecule has 1 rings (SSSR count). The third-order valence-electron chi connectivity index (χ3n) is 2.39. The summed E-state index contributed by atoms with van der Waals surface area (Å²) in [5.41, 5.74) is 2.09. The summed E-state index contributed by atoms with van der Waals surface area (Å²) < 4.78 is 0. The Morgan fingerprint density at radius 3 is 2.69 bits per heavy atom. The number of Topliss-reactive ketones (excluding diaryl/α,β-unsaturated/α-hetero) is 1. The van der Waals surface area contributed by atoms with E-state index in [2.05, 4.69) is 32.7 Å². The van der Waals surface area contributed by atoms with Gasteiger partial charge >= 0.3 is 0 Å². The molecule has 0 spiro atoms. The van der Waals surface area contributed by atoms with E-state index in [1.807, 2.05) is 0 Å². The molecule has 0 saturated heterocycles. The van der Waals surface area contributed by atoms with Gasteiger partial charge in [-0.2, -0.15) is 0 Å². The molecule has 1 heterocycles. The quantitative estimate of drug-likeness (QED) is 0.784. The maximum atomic E-state index is 11.8. The van der Waals surface area contributed by atoms with E-state index >= 15 is 0 Å². The summed E-state index contributed by atoms with van der Waals surface area (Å²) >= 11 is 1.56. The van der Waals surface area contributed by atoms with Crippen LogP contribution in [0.15, 0.2) is 11.7 Å². The van der Waals surface area contributed by atoms with Gasteiger partial charge in [-0.25, -0.2) is 0 Å². The second-order valence-corrected chi connectivity index (χ2v) is 6.73. The van der Waals surface area contributed by atoms with Gasteiger partial charge in [-0.1, -0.05) is 27.7 Å². The maximum Gasteiger partial charge on any atom is 0.138 e. The highest BCUT2D eigenvalue weighted by Crippen LogP contribution is 2.26. The van der Waals surface area contributed by atoms with E-state index in [1.54, 1.807) is 23.0 Å². The van der Waals surface area contributed by atoms with Gasteiger partial charge in [-0.05, 0) is 17.8 Å². The molecule has 16 heavy (non-hydrogen) atoms. The zero-order valence-electron chi connectivity index (χ0n) is 10.6. The van der Waals surface area contributed by atoms with Crippen LogP contribution in [0, 0.1) is 11.3 Å². The number of nitrogens with zero attached hydrogens (tertiary/aromatic N) is 1. The molecule has 0 aromatic carbocycles. The standard InChI is InChI=1S/C13H21NOS/c1-10(7-13(2,3)4)5-11(15)6-12-8-14-9-16-12/h8-10H,5-7H2,1-4H3. The lowest BCUT2D eigenvalue weighted by Gasteiger charge is -2.22. The van der Waals surface area contributed by atoms with Crippen molar-refractivity contribution in [2.24, 2.45) is 11.3 Å². The van der Waals surface area contributed by atoms with Gasteiger partial charge in [0.1, 0.15) is 5.78 Å². The first-order chi connectivity index (χ1) is 7.37. The van der Waals surface area contributed by atoms with Crippen LogP contribution in [0.5, 0.6) is 0 Å². The van der Waals surface area contributed by atoms with Crippen LogP contribution in [0.2, 0.25) is 0 Å². The Labute approximate surface area is 102 Å². The fourth-order valence-electron chi connectivity index (χ4n) is 2.10. The first-order valence-electron chi connectivity index (χ1n) is 5.76. The SMILES string of the molecule is CC(CC(=O)Cc1cncs1)CC(C)(C)C. The molecule has 90 valence electrons. The highest BCUT2D eigenvalue weighted by molar-refractivity contribution is 7.09. The lowest BCUT2D eigenvalue weighted by Crippen LogP contribution is -2.15. The van der Waals surface area contributed by atoms with Crippen LogP contribution in [0.3, 0.4) is 0 Å². The summed E-state index contributed by atoms with van der Waals surface area (Å²) in [6.07, 6.45) is 4.13. The molecular formula is C13H21NOS. The van der Waals surface area contributed by atoms with E-state index in [-0.39, 0.29) is 0 Å². The zero-order chi connectivity index (χ0) is 12.2. The molecule has 0 fully saturated rings. The molecule has 0 saturated carbocycles. The second-order valence-electron chi connectivity index (χ2n) is 5.76. The van der Waals surface area contributed by atoms with Crippen molar-refractivity contribution < 1.29 is 4.79 Å². The summed E-state index contributed by atoms with van der Waals surface area (Å²) in [5.74, 6) is 0.807. The Hall–Kier alpha value is -0.700. The molecule has 3 heteroatoms. The number of hydrogen-bond donors (Lipinski definition) is 0. The first-order valence-corrected chi connectivity index (χ1v) is 6.64. The maximum absolute atomic E-state index is 11.8. The minimum atomic E-state index is 0.310. The van der Waals surface area contributed by atoms with Crippen LogP contribution >= 0.6 is 11.3 Å². The summed E-state index contributed by atoms with van der Waals surface area (Å²) in [6, 6.07) is 0. The summed E-state index contributed by atoms with van der Waals surface area (Å²) in [7, 11) is 0. The molecular weight excluding hydrogens is 218 g/mol. The molecule has 1 unspecified atom stereocenters. The van der Waals surface area contributed by atoms with Crippen molar-refractivity contribution in [1.29, 1.82) is 0 Å². The smallest absolute Gasteiger partial charge is 0.138 e. The topological polar surface area (TPSA) is 30.0 Å². The molecule has 2 nitrogen and oxygen atoms in total. The first kappa shape index (κ1) is 13.4. The number of rotatable bonds is 5. The van der Waals surface area contributed by atoms with Crippen molar-refractivity contribution in [3.63, 3.8) is 0 Å². The lowest BCUT2D eigenvalue weighted by atomic mass is 9.83. The fraction of sp³-hybridized carbons (Fsp3) is 0.692. The third kappa shape index (κ3) is 5.40. The summed E-state index contributed by atoms with van der Waals surface area (Å²) in [4.78, 5) is 16.8. The molecule has 0 radical (unpaired) electrons. The average molecular weight is 239 g/mol. The van der Waals surface area contributed by atoms with Crippen molar-refractivity contribution in [3.05, 3.63) is 16.6 Å². The highest BCUT2D eigenvalue weighted by atomic mass is 32.1. The number of hydrogen-bond acceptors (Lipinski definition) is 3. The molecule has 0 N–H and O–H groups in total. The Morgan fingerprint density at radius 2 is 2.19 bits per heavy atom. The van der Waals surface area contributed by atoms with Gasteiger partial charge in [-0.3, -0.25) is 9.78 Å². The molecule has 0 bridgehead atoms. The van der Waals surface area contributed by atoms with Crippen molar-refractivity contribution in [3.8, 4) is 0 Å². The molecule has 0 aliphatic carbocycles. The molecule has 1 aromatic heterocycles. The number of carbonyl (C=O) groups excluding carboxylic acids is 1. The number of carbonyl (C=O) groups is 1. The van der Waals surface area contributed by atoms with Crippen molar-refractivity contribution in [1.82, 2.24) is 4.98 Å². The minimum Gasteiger partial charge on any atom is -0.299 e. The normalized spacial score (nSPS) is 13.8. The molecule has 1 atom stereocenters. The van der Waals surface area contributed by atoms with Gasteiger partial charge in [0.2, 0.25) is 0 Å². The van der Waals surface area contributed by atoms with Crippen LogP contribution in [-0.4, -0.2) is 10.8 Å². The number of aromatic nitrogens is 1. The van der Waals surface area contributed by atoms with E-state index in [0.717, 1.165) is 11.3 Å². The van der Waals surface area contributed by atoms with Crippen LogP contribution in [0.25, 0.3) is 0 Å². The molecule has 1 aromatic rings. The average Bonchev–Trinajstić information content (AvgIpc) is 2.51. The van der Waals surface area contributed by atoms with Crippen LogP contribution in [0.1, 0.15) is 45.4 Å². The Bertz CT molecular complexity index is 324. The summed E-state index contributed by atoms with van der Waals surface area (Å²) in [5, 5.41) is 0. The monoisotopic (exact) mass is 239 g/mol. The minimum absolute atomic E-state index is 0.310. The van der Waals surface area contributed by atoms with Gasteiger partial charge in [0, 0.05) is 23.9 Å². The van der Waals surface area contributed by atoms with Crippen LogP contribution < -0.4 is 0 Å². The third-order valence-corrected chi connectivity index (χ3v) is 3.17. The Balaban J connectivity index is 2.34. The van der Waals surface area contributed by atoms with Crippen molar-refractivity contribution in [2.75, 3.05) is 0 Å². The Morgan fingerprint density at radius 1 is 1.50 bits per heavy atom. The van der Waals surface area contributed by atoms with E-state index in [0.29, 0.717) is 30.0 Å². The number of thiazole rings is 1. The molecule has 0 aliphatic rings. The van der Waals surface area contributed by atoms with E-state index in [4.69, 9.17) is 0 Å². The lowest BCUT2D eigenvalue weighted by molar-refractivity contribution is -0.119. The largest absolute Gasteiger partial charge is 0.299 e. The van der Waals surface area contributed by atoms with Gasteiger partial charge in [0.25, 0.3) is 0 Å². The predicted octanol–water partition coefficient (Wildman–Crippen LogP) is 3.72. The van der Waals surface area contributed by atoms with Gasteiger partial charge in [-0.15, -0.1) is 11.3 Å². The van der Waals surface area contributed by atoms with E-state index < -0.39 is 0 Å². The van der Waals surface area contributed by atoms with Gasteiger partial charge in [0.05, 0.1) is 5.51 Å². The second kappa shape index (κ2) is 5.58. The summed E-state index contributed by atoms with van der Waals surface area (Å²) in [6.45, 7) is 8.82. The highest BCUT2D eigenvalue weighted by Gasteiger charge is 2.17. The molecule has 0 aliphatic heterocycles. The molecule has 0 amide bonds. The van der Waals surface area contributed by atoms with Crippen molar-refractivity contribution >= 4 is 17.1 Å². The van der Waals surface area contributed by atoms with E-state index in [9.17, 15) is 4.79 Å². The van der Waals surface area contributed by atoms with Gasteiger partial charge in [0.15, 0.2) is 0 Å². The van der Waals surface area contributed by atoms with Crippen LogP contribution in [0.4, 0.5) is 0 Å². The number of ketones is 1. The van der Waals surface area contributed by atoms with E-state index in [1.165, 1.54) is 0 Å². The Kier molecular flexibility index (Phi) is 4.66. The van der Waals surface area contributed by atoms with Crippen LogP contribution in [-0.2, 0) is 11.2 Å². The van der Waals surface area contributed by atoms with Crippen molar-refractivity contribution in [2.45, 2.75) is 47.0 Å². The predicted molar refractivity (Wildman–Crippen MR) is 68.7 cm³/mol. The fourth-order valence-corrected chi connectivity index (χ4v) is 2.73.